The van der Waals surface area contributed by atoms with Crippen LogP contribution in [0.5, 0.6) is 0 Å². The predicted molar refractivity (Wildman–Crippen MR) is 125 cm³/mol. The average Bonchev–Trinajstić information content (AvgIpc) is 3.23. The smallest absolute Gasteiger partial charge is 0.204 e. The third kappa shape index (κ3) is 4.90. The molecule has 0 amide bonds. The molecule has 3 fully saturated rings. The first kappa shape index (κ1) is 22.4. The second-order valence-corrected chi connectivity index (χ2v) is 9.79. The quantitative estimate of drug-likeness (QED) is 0.665. The molecule has 1 N–H and O–H groups in total. The Bertz CT molecular complexity index is 933. The number of ether oxygens (including phenoxy) is 1. The maximum Gasteiger partial charge on any atom is 0.204 e. The van der Waals surface area contributed by atoms with Crippen molar-refractivity contribution in [2.75, 3.05) is 38.1 Å². The molecular formula is C25H29ClN3O3. The van der Waals surface area contributed by atoms with Crippen LogP contribution in [-0.4, -0.2) is 54.1 Å². The van der Waals surface area contributed by atoms with E-state index in [0.717, 1.165) is 55.6 Å². The number of hydrogen-bond acceptors (Lipinski definition) is 6. The van der Waals surface area contributed by atoms with Crippen molar-refractivity contribution in [3.63, 3.8) is 0 Å². The summed E-state index contributed by atoms with van der Waals surface area (Å²) in [6, 6.07) is 7.82. The number of piperidine rings is 1. The maximum atomic E-state index is 6.12. The zero-order valence-corrected chi connectivity index (χ0v) is 19.3. The Balaban J connectivity index is 1.14. The van der Waals surface area contributed by atoms with Crippen LogP contribution >= 0.6 is 11.6 Å². The molecule has 169 valence electrons. The highest BCUT2D eigenvalue weighted by Gasteiger charge is 2.45. The van der Waals surface area contributed by atoms with E-state index in [0.29, 0.717) is 11.6 Å². The summed E-state index contributed by atoms with van der Waals surface area (Å²) in [5.74, 6) is 2.06. The lowest BCUT2D eigenvalue weighted by Gasteiger charge is -2.46. The van der Waals surface area contributed by atoms with Crippen molar-refractivity contribution in [2.45, 2.75) is 38.1 Å². The molecule has 1 spiro atoms. The van der Waals surface area contributed by atoms with Crippen LogP contribution in [0.25, 0.3) is 10.9 Å². The molecule has 1 aromatic heterocycles. The van der Waals surface area contributed by atoms with Crippen molar-refractivity contribution in [3.05, 3.63) is 66.6 Å². The number of pyridine rings is 1. The fourth-order valence-corrected chi connectivity index (χ4v) is 4.52. The van der Waals surface area contributed by atoms with Gasteiger partial charge in [0, 0.05) is 73.1 Å². The minimum absolute atomic E-state index is 0.383. The van der Waals surface area contributed by atoms with Gasteiger partial charge < -0.3 is 15.0 Å². The first-order valence-electron chi connectivity index (χ1n) is 11.2. The van der Waals surface area contributed by atoms with E-state index in [1.54, 1.807) is 0 Å². The molecule has 2 aliphatic heterocycles. The molecule has 0 bridgehead atoms. The first-order valence-corrected chi connectivity index (χ1v) is 11.5. The molecule has 7 heteroatoms. The van der Waals surface area contributed by atoms with Crippen LogP contribution in [0.15, 0.2) is 30.5 Å². The normalized spacial score (nSPS) is 24.3. The van der Waals surface area contributed by atoms with E-state index >= 15 is 0 Å². The van der Waals surface area contributed by atoms with Gasteiger partial charge in [0.15, 0.2) is 0 Å². The van der Waals surface area contributed by atoms with Crippen molar-refractivity contribution >= 4 is 28.2 Å². The van der Waals surface area contributed by atoms with E-state index in [1.165, 1.54) is 11.8 Å². The molecule has 5 radical (unpaired) electrons. The van der Waals surface area contributed by atoms with Gasteiger partial charge in [0.2, 0.25) is 5.79 Å². The highest BCUT2D eigenvalue weighted by Crippen LogP contribution is 2.38. The van der Waals surface area contributed by atoms with Crippen molar-refractivity contribution < 1.29 is 14.5 Å². The molecule has 0 atom stereocenters. The number of anilines is 1. The van der Waals surface area contributed by atoms with Gasteiger partial charge in [-0.3, -0.25) is 4.98 Å². The third-order valence-corrected chi connectivity index (χ3v) is 6.53. The standard InChI is InChI=1S/C25H29ClN3O3/c1-24(2)17-30-25(32-31-24)9-12-29(13-10-25)16-19-5-3-4-18(19)15-28-22-8-11-27-23-14-20(26)6-7-21(22)23/h3-8,11,14H,9-10,12-13,15-17H2,1-2H3,(H,27,28). The molecular weight excluding hydrogens is 426 g/mol. The molecule has 1 aliphatic carbocycles. The fourth-order valence-electron chi connectivity index (χ4n) is 4.35. The zero-order chi connectivity index (χ0) is 22.2. The minimum Gasteiger partial charge on any atom is -0.384 e. The number of halogens is 1. The highest BCUT2D eigenvalue weighted by molar-refractivity contribution is 6.31. The van der Waals surface area contributed by atoms with Crippen molar-refractivity contribution in [1.29, 1.82) is 0 Å². The van der Waals surface area contributed by atoms with Gasteiger partial charge in [-0.05, 0) is 57.4 Å². The number of fused-ring (bicyclic) bond motifs is 1. The van der Waals surface area contributed by atoms with E-state index in [-0.39, 0.29) is 5.60 Å². The molecule has 6 nitrogen and oxygen atoms in total. The Morgan fingerprint density at radius 1 is 1.09 bits per heavy atom. The summed E-state index contributed by atoms with van der Waals surface area (Å²) in [6.45, 7) is 8.01. The molecule has 2 saturated heterocycles. The van der Waals surface area contributed by atoms with Gasteiger partial charge in [-0.1, -0.05) is 11.6 Å². The summed E-state index contributed by atoms with van der Waals surface area (Å²) >= 11 is 6.12. The first-order chi connectivity index (χ1) is 15.4. The summed E-state index contributed by atoms with van der Waals surface area (Å²) < 4.78 is 6.06. The highest BCUT2D eigenvalue weighted by atomic mass is 35.5. The summed E-state index contributed by atoms with van der Waals surface area (Å²) in [4.78, 5) is 18.1. The van der Waals surface area contributed by atoms with Crippen LogP contribution in [0.1, 0.15) is 26.7 Å². The Hall–Kier alpha value is -1.44. The zero-order valence-electron chi connectivity index (χ0n) is 18.6. The van der Waals surface area contributed by atoms with Gasteiger partial charge in [0.05, 0.1) is 12.1 Å². The van der Waals surface area contributed by atoms with Gasteiger partial charge in [-0.25, -0.2) is 9.78 Å². The topological polar surface area (TPSA) is 55.9 Å². The van der Waals surface area contributed by atoms with Gasteiger partial charge >= 0.3 is 0 Å². The Kier molecular flexibility index (Phi) is 6.34. The lowest BCUT2D eigenvalue weighted by molar-refractivity contribution is -0.511. The number of nitrogens with one attached hydrogen (secondary N) is 1. The van der Waals surface area contributed by atoms with Crippen LogP contribution in [0, 0.1) is 31.1 Å². The lowest BCUT2D eigenvalue weighted by Crippen LogP contribution is -2.55. The molecule has 3 aliphatic rings. The summed E-state index contributed by atoms with van der Waals surface area (Å²) in [7, 11) is 0. The van der Waals surface area contributed by atoms with Crippen LogP contribution < -0.4 is 5.32 Å². The number of likely N-dealkylation sites (tertiary alicyclic amines) is 1. The molecule has 0 unspecified atom stereocenters. The second-order valence-electron chi connectivity index (χ2n) is 9.35. The van der Waals surface area contributed by atoms with Gasteiger partial charge in [-0.2, -0.15) is 0 Å². The van der Waals surface area contributed by atoms with Crippen LogP contribution in [0.2, 0.25) is 5.02 Å². The number of aromatic nitrogens is 1. The average molecular weight is 455 g/mol. The van der Waals surface area contributed by atoms with E-state index in [4.69, 9.17) is 26.1 Å². The predicted octanol–water partition coefficient (Wildman–Crippen LogP) is 4.62. The van der Waals surface area contributed by atoms with E-state index in [9.17, 15) is 0 Å². The Labute approximate surface area is 195 Å². The molecule has 32 heavy (non-hydrogen) atoms. The number of hydrogen-bond donors (Lipinski definition) is 1. The Morgan fingerprint density at radius 3 is 2.69 bits per heavy atom. The van der Waals surface area contributed by atoms with E-state index in [1.807, 2.05) is 44.3 Å². The van der Waals surface area contributed by atoms with E-state index < -0.39 is 5.79 Å². The lowest BCUT2D eigenvalue weighted by atomic mass is 9.93. The summed E-state index contributed by atoms with van der Waals surface area (Å²) in [5.41, 5.74) is 1.58. The van der Waals surface area contributed by atoms with E-state index in [2.05, 4.69) is 34.5 Å². The minimum atomic E-state index is -0.590. The van der Waals surface area contributed by atoms with Crippen molar-refractivity contribution in [3.8, 4) is 0 Å². The molecule has 3 heterocycles. The van der Waals surface area contributed by atoms with Crippen LogP contribution in [0.4, 0.5) is 5.69 Å². The number of rotatable bonds is 5. The van der Waals surface area contributed by atoms with Crippen LogP contribution in [0.3, 0.4) is 0 Å². The summed E-state index contributed by atoms with van der Waals surface area (Å²) in [6.07, 6.45) is 9.97. The van der Waals surface area contributed by atoms with Gasteiger partial charge in [0.25, 0.3) is 0 Å². The largest absolute Gasteiger partial charge is 0.384 e. The van der Waals surface area contributed by atoms with Crippen molar-refractivity contribution in [2.24, 2.45) is 0 Å². The number of nitrogens with zero attached hydrogens (tertiary/aromatic N) is 2. The fraction of sp³-hybridized carbons (Fsp3) is 0.440. The molecule has 1 saturated carbocycles. The molecule has 2 aromatic rings. The second kappa shape index (κ2) is 9.07. The van der Waals surface area contributed by atoms with Crippen molar-refractivity contribution in [1.82, 2.24) is 9.88 Å². The SMILES string of the molecule is CC1(C)COC2(CCN(C[C]3[CH][CH][CH][C]3CNc3ccnc4cc(Cl)ccc34)CC2)OO1. The third-order valence-electron chi connectivity index (χ3n) is 6.30. The van der Waals surface area contributed by atoms with Gasteiger partial charge in [-0.15, -0.1) is 0 Å². The monoisotopic (exact) mass is 454 g/mol. The summed E-state index contributed by atoms with van der Waals surface area (Å²) in [5, 5.41) is 5.35. The maximum absolute atomic E-state index is 6.12. The molecule has 5 rings (SSSR count). The number of benzene rings is 1. The Morgan fingerprint density at radius 2 is 1.91 bits per heavy atom. The van der Waals surface area contributed by atoms with Crippen LogP contribution in [-0.2, 0) is 14.5 Å². The van der Waals surface area contributed by atoms with Gasteiger partial charge in [0.1, 0.15) is 5.60 Å². The molecule has 1 aromatic carbocycles.